The smallest absolute Gasteiger partial charge is 0.298 e. The number of aromatic hydroxyl groups is 1. The number of nitrogens with zero attached hydrogens (tertiary/aromatic N) is 2. The first-order chi connectivity index (χ1) is 17.2. The molecule has 8 heteroatoms. The van der Waals surface area contributed by atoms with Crippen molar-refractivity contribution in [3.05, 3.63) is 63.8 Å². The van der Waals surface area contributed by atoms with Crippen molar-refractivity contribution in [1.82, 2.24) is 4.90 Å². The van der Waals surface area contributed by atoms with Gasteiger partial charge in [0.15, 0.2) is 0 Å². The van der Waals surface area contributed by atoms with Gasteiger partial charge in [-0.3, -0.25) is 14.5 Å². The predicted molar refractivity (Wildman–Crippen MR) is 142 cm³/mol. The highest BCUT2D eigenvalue weighted by atomic mass is 32.2. The molecule has 0 unspecified atom stereocenters. The zero-order valence-corrected chi connectivity index (χ0v) is 21.8. The van der Waals surface area contributed by atoms with Gasteiger partial charge in [-0.2, -0.15) is 0 Å². The molecule has 1 N–H and O–H groups in total. The van der Waals surface area contributed by atoms with Crippen LogP contribution >= 0.6 is 11.8 Å². The molecule has 0 radical (unpaired) electrons. The van der Waals surface area contributed by atoms with Gasteiger partial charge in [0, 0.05) is 29.1 Å². The standard InChI is InChI=1S/C28H30N2O5S/c1-15-16(2)26-24(17(3)25(15)31)23(18(4)35-26)13-29-12-6-7-21(29)14-34-22-10-8-20(9-11-22)30-27(32)19(5)36-28(30)33/h8-11,21,31H,5-7,12-14H2,1-4H3/t21-/m0/s1. The zero-order chi connectivity index (χ0) is 25.7. The number of hydrogen-bond acceptors (Lipinski definition) is 7. The molecular weight excluding hydrogens is 476 g/mol. The average molecular weight is 507 g/mol. The molecule has 1 aromatic heterocycles. The summed E-state index contributed by atoms with van der Waals surface area (Å²) in [6.45, 7) is 13.7. The zero-order valence-electron chi connectivity index (χ0n) is 21.0. The third kappa shape index (κ3) is 4.08. The SMILES string of the molecule is C=C1SC(=O)N(c2ccc(OC[C@@H]3CCCN3Cc3c(C)oc4c(C)c(C)c(O)c(C)c34)cc2)C1=O. The molecule has 3 heterocycles. The van der Waals surface area contributed by atoms with E-state index in [2.05, 4.69) is 11.5 Å². The maximum Gasteiger partial charge on any atom is 0.298 e. The number of furan rings is 1. The molecule has 0 saturated carbocycles. The number of aryl methyl sites for hydroxylation is 3. The van der Waals surface area contributed by atoms with E-state index in [1.165, 1.54) is 0 Å². The number of fused-ring (bicyclic) bond motifs is 1. The summed E-state index contributed by atoms with van der Waals surface area (Å²) in [5.41, 5.74) is 5.20. The Hall–Kier alpha value is -3.23. The number of hydrogen-bond donors (Lipinski definition) is 1. The molecule has 2 saturated heterocycles. The Morgan fingerprint density at radius 3 is 2.50 bits per heavy atom. The lowest BCUT2D eigenvalue weighted by atomic mass is 9.97. The molecule has 2 aliphatic rings. The van der Waals surface area contributed by atoms with Crippen LogP contribution in [0, 0.1) is 27.7 Å². The lowest BCUT2D eigenvalue weighted by molar-refractivity contribution is -0.113. The van der Waals surface area contributed by atoms with Crippen molar-refractivity contribution >= 4 is 39.6 Å². The number of phenols is 1. The Labute approximate surface area is 214 Å². The van der Waals surface area contributed by atoms with Crippen LogP contribution in [0.15, 0.2) is 40.2 Å². The van der Waals surface area contributed by atoms with Crippen molar-refractivity contribution in [2.24, 2.45) is 0 Å². The number of carbonyl (C=O) groups excluding carboxylic acids is 2. The largest absolute Gasteiger partial charge is 0.507 e. The van der Waals surface area contributed by atoms with Gasteiger partial charge >= 0.3 is 0 Å². The van der Waals surface area contributed by atoms with Crippen LogP contribution in [0.5, 0.6) is 11.5 Å². The van der Waals surface area contributed by atoms with Crippen molar-refractivity contribution in [2.75, 3.05) is 18.1 Å². The molecule has 7 nitrogen and oxygen atoms in total. The molecule has 0 spiro atoms. The van der Waals surface area contributed by atoms with E-state index in [1.54, 1.807) is 24.3 Å². The molecule has 5 rings (SSSR count). The van der Waals surface area contributed by atoms with E-state index in [0.29, 0.717) is 23.8 Å². The second-order valence-electron chi connectivity index (χ2n) is 9.57. The molecule has 2 amide bonds. The second-order valence-corrected chi connectivity index (χ2v) is 10.6. The first kappa shape index (κ1) is 24.5. The fourth-order valence-corrected chi connectivity index (χ4v) is 5.85. The number of phenolic OH excluding ortho intramolecular Hbond substituents is 1. The van der Waals surface area contributed by atoms with E-state index in [4.69, 9.17) is 9.15 Å². The Kier molecular flexibility index (Phi) is 6.34. The van der Waals surface area contributed by atoms with Crippen molar-refractivity contribution in [3.63, 3.8) is 0 Å². The number of amides is 2. The topological polar surface area (TPSA) is 83.2 Å². The van der Waals surface area contributed by atoms with Gasteiger partial charge in [0.1, 0.15) is 29.4 Å². The van der Waals surface area contributed by atoms with Gasteiger partial charge in [0.05, 0.1) is 10.6 Å². The van der Waals surface area contributed by atoms with Crippen LogP contribution < -0.4 is 9.64 Å². The number of benzene rings is 2. The van der Waals surface area contributed by atoms with Crippen molar-refractivity contribution in [2.45, 2.75) is 53.1 Å². The lowest BCUT2D eigenvalue weighted by Gasteiger charge is -2.25. The Morgan fingerprint density at radius 2 is 1.83 bits per heavy atom. The molecule has 0 aliphatic carbocycles. The molecule has 1 atom stereocenters. The minimum Gasteiger partial charge on any atom is -0.507 e. The molecule has 2 aromatic carbocycles. The first-order valence-electron chi connectivity index (χ1n) is 12.1. The number of thioether (sulfide) groups is 1. The third-order valence-corrected chi connectivity index (χ3v) is 8.21. The summed E-state index contributed by atoms with van der Waals surface area (Å²) in [7, 11) is 0. The maximum absolute atomic E-state index is 12.2. The Balaban J connectivity index is 1.29. The molecule has 2 aliphatic heterocycles. The summed E-state index contributed by atoms with van der Waals surface area (Å²) in [6, 6.07) is 7.25. The quantitative estimate of drug-likeness (QED) is 0.403. The van der Waals surface area contributed by atoms with Crippen molar-refractivity contribution in [3.8, 4) is 11.5 Å². The number of imide groups is 1. The fraction of sp³-hybridized carbons (Fsp3) is 0.357. The third-order valence-electron chi connectivity index (χ3n) is 7.43. The van der Waals surface area contributed by atoms with E-state index >= 15 is 0 Å². The summed E-state index contributed by atoms with van der Waals surface area (Å²) >= 11 is 0.854. The summed E-state index contributed by atoms with van der Waals surface area (Å²) in [5, 5.41) is 11.3. The van der Waals surface area contributed by atoms with E-state index in [0.717, 1.165) is 81.6 Å². The molecular formula is C28H30N2O5S. The van der Waals surface area contributed by atoms with E-state index in [9.17, 15) is 14.7 Å². The van der Waals surface area contributed by atoms with Gasteiger partial charge in [-0.25, -0.2) is 4.90 Å². The normalized spacial score (nSPS) is 18.7. The van der Waals surface area contributed by atoms with Crippen LogP contribution in [-0.2, 0) is 11.3 Å². The number of carbonyl (C=O) groups is 2. The van der Waals surface area contributed by atoms with Crippen molar-refractivity contribution in [1.29, 1.82) is 0 Å². The molecule has 2 fully saturated rings. The molecule has 188 valence electrons. The van der Waals surface area contributed by atoms with Gasteiger partial charge in [-0.1, -0.05) is 6.58 Å². The van der Waals surface area contributed by atoms with E-state index in [-0.39, 0.29) is 22.1 Å². The molecule has 0 bridgehead atoms. The van der Waals surface area contributed by atoms with Gasteiger partial charge in [0.25, 0.3) is 11.1 Å². The summed E-state index contributed by atoms with van der Waals surface area (Å²) in [6.07, 6.45) is 2.12. The van der Waals surface area contributed by atoms with Crippen LogP contribution in [0.2, 0.25) is 0 Å². The van der Waals surface area contributed by atoms with Gasteiger partial charge in [0.2, 0.25) is 0 Å². The minimum absolute atomic E-state index is 0.234. The number of ether oxygens (including phenoxy) is 1. The molecule has 3 aromatic rings. The van der Waals surface area contributed by atoms with Crippen LogP contribution in [0.4, 0.5) is 10.5 Å². The monoisotopic (exact) mass is 506 g/mol. The summed E-state index contributed by atoms with van der Waals surface area (Å²) in [5.74, 6) is 1.53. The highest BCUT2D eigenvalue weighted by Crippen LogP contribution is 2.40. The van der Waals surface area contributed by atoms with Gasteiger partial charge in [-0.15, -0.1) is 0 Å². The highest BCUT2D eigenvalue weighted by molar-refractivity contribution is 8.18. The summed E-state index contributed by atoms with van der Waals surface area (Å²) < 4.78 is 12.3. The van der Waals surface area contributed by atoms with E-state index < -0.39 is 0 Å². The summed E-state index contributed by atoms with van der Waals surface area (Å²) in [4.78, 5) is 28.0. The van der Waals surface area contributed by atoms with Gasteiger partial charge in [-0.05, 0) is 94.2 Å². The predicted octanol–water partition coefficient (Wildman–Crippen LogP) is 6.13. The van der Waals surface area contributed by atoms with Crippen LogP contribution in [-0.4, -0.2) is 40.3 Å². The Morgan fingerprint density at radius 1 is 1.11 bits per heavy atom. The van der Waals surface area contributed by atoms with Gasteiger partial charge < -0.3 is 14.3 Å². The van der Waals surface area contributed by atoms with Crippen LogP contribution in [0.1, 0.15) is 40.9 Å². The maximum atomic E-state index is 12.2. The highest BCUT2D eigenvalue weighted by Gasteiger charge is 2.35. The Bertz CT molecular complexity index is 1390. The van der Waals surface area contributed by atoms with Crippen LogP contribution in [0.25, 0.3) is 11.0 Å². The minimum atomic E-state index is -0.378. The lowest BCUT2D eigenvalue weighted by Crippen LogP contribution is -2.33. The first-order valence-corrected chi connectivity index (χ1v) is 12.9. The van der Waals surface area contributed by atoms with Crippen LogP contribution in [0.3, 0.4) is 0 Å². The fourth-order valence-electron chi connectivity index (χ4n) is 5.18. The average Bonchev–Trinajstić information content (AvgIpc) is 3.52. The number of anilines is 1. The van der Waals surface area contributed by atoms with Crippen molar-refractivity contribution < 1.29 is 23.8 Å². The molecule has 36 heavy (non-hydrogen) atoms. The second kappa shape index (κ2) is 9.33. The van der Waals surface area contributed by atoms with E-state index in [1.807, 2.05) is 27.7 Å². The number of likely N-dealkylation sites (tertiary alicyclic amines) is 1. The number of rotatable bonds is 6.